The minimum atomic E-state index is 0.0557. The number of hydrogen-bond donors (Lipinski definition) is 2. The molecule has 1 amide bonds. The Labute approximate surface area is 114 Å². The molecule has 1 fully saturated rings. The molecule has 0 unspecified atom stereocenters. The summed E-state index contributed by atoms with van der Waals surface area (Å²) in [7, 11) is 0. The number of nitrogens with zero attached hydrogens (tertiary/aromatic N) is 2. The molecule has 0 saturated carbocycles. The van der Waals surface area contributed by atoms with Gasteiger partial charge in [0.05, 0.1) is 11.4 Å². The number of rotatable bonds is 4. The molecule has 1 saturated heterocycles. The number of carbonyl (C=O) groups is 1. The third kappa shape index (κ3) is 3.67. The molecule has 3 N–H and O–H groups in total. The first-order chi connectivity index (χ1) is 9.20. The lowest BCUT2D eigenvalue weighted by molar-refractivity contribution is -0.119. The predicted octanol–water partition coefficient (Wildman–Crippen LogP) is 0.893. The largest absolute Gasteiger partial charge is 0.370 e. The van der Waals surface area contributed by atoms with Crippen molar-refractivity contribution >= 4 is 11.6 Å². The molecule has 0 radical (unpaired) electrons. The number of piperidine rings is 1. The van der Waals surface area contributed by atoms with Crippen LogP contribution in [0, 0.1) is 5.92 Å². The summed E-state index contributed by atoms with van der Waals surface area (Å²) >= 11 is 0. The van der Waals surface area contributed by atoms with Crippen LogP contribution in [0.2, 0.25) is 0 Å². The van der Waals surface area contributed by atoms with E-state index in [9.17, 15) is 4.79 Å². The maximum Gasteiger partial charge on any atom is 0.216 e. The normalized spacial score (nSPS) is 16.4. The molecule has 1 aliphatic rings. The van der Waals surface area contributed by atoms with Gasteiger partial charge in [0, 0.05) is 39.3 Å². The zero-order valence-corrected chi connectivity index (χ0v) is 11.4. The number of pyridine rings is 1. The van der Waals surface area contributed by atoms with Gasteiger partial charge in [-0.1, -0.05) is 0 Å². The van der Waals surface area contributed by atoms with E-state index < -0.39 is 0 Å². The van der Waals surface area contributed by atoms with Crippen LogP contribution in [-0.2, 0) is 11.3 Å². The van der Waals surface area contributed by atoms with Crippen molar-refractivity contribution in [2.24, 2.45) is 11.7 Å². The van der Waals surface area contributed by atoms with E-state index in [1.165, 1.54) is 0 Å². The lowest BCUT2D eigenvalue weighted by Crippen LogP contribution is -2.38. The van der Waals surface area contributed by atoms with Crippen molar-refractivity contribution in [1.82, 2.24) is 10.3 Å². The molecule has 5 nitrogen and oxygen atoms in total. The Morgan fingerprint density at radius 2 is 2.26 bits per heavy atom. The number of carbonyl (C=O) groups excluding carboxylic acids is 1. The van der Waals surface area contributed by atoms with E-state index in [1.54, 1.807) is 13.1 Å². The van der Waals surface area contributed by atoms with Crippen molar-refractivity contribution in [1.29, 1.82) is 0 Å². The lowest BCUT2D eigenvalue weighted by Gasteiger charge is -2.34. The Morgan fingerprint density at radius 3 is 2.89 bits per heavy atom. The van der Waals surface area contributed by atoms with E-state index in [2.05, 4.69) is 21.3 Å². The van der Waals surface area contributed by atoms with Crippen LogP contribution in [0.4, 0.5) is 5.69 Å². The zero-order chi connectivity index (χ0) is 13.7. The summed E-state index contributed by atoms with van der Waals surface area (Å²) in [6, 6.07) is 4.04. The van der Waals surface area contributed by atoms with Crippen molar-refractivity contribution in [3.63, 3.8) is 0 Å². The zero-order valence-electron chi connectivity index (χ0n) is 11.4. The van der Waals surface area contributed by atoms with Crippen LogP contribution >= 0.6 is 0 Å². The van der Waals surface area contributed by atoms with Crippen LogP contribution in [0.3, 0.4) is 0 Å². The summed E-state index contributed by atoms with van der Waals surface area (Å²) in [6.45, 7) is 4.84. The highest BCUT2D eigenvalue weighted by molar-refractivity contribution is 5.72. The van der Waals surface area contributed by atoms with Gasteiger partial charge in [-0.25, -0.2) is 0 Å². The van der Waals surface area contributed by atoms with Gasteiger partial charge < -0.3 is 16.0 Å². The first-order valence-electron chi connectivity index (χ1n) is 6.84. The standard InChI is InChI=1S/C14H22N4O/c1-11(19)17-10-12-4-7-18(8-5-12)14-3-2-6-16-13(14)9-15/h2-3,6,12H,4-5,7-10,15H2,1H3,(H,17,19). The van der Waals surface area contributed by atoms with E-state index in [4.69, 9.17) is 5.73 Å². The molecule has 2 rings (SSSR count). The highest BCUT2D eigenvalue weighted by atomic mass is 16.1. The molecule has 2 heterocycles. The van der Waals surface area contributed by atoms with Crippen molar-refractivity contribution in [2.75, 3.05) is 24.5 Å². The van der Waals surface area contributed by atoms with Crippen LogP contribution in [-0.4, -0.2) is 30.5 Å². The second-order valence-corrected chi connectivity index (χ2v) is 5.04. The van der Waals surface area contributed by atoms with Crippen molar-refractivity contribution < 1.29 is 4.79 Å². The van der Waals surface area contributed by atoms with Crippen molar-refractivity contribution in [2.45, 2.75) is 26.3 Å². The number of hydrogen-bond acceptors (Lipinski definition) is 4. The van der Waals surface area contributed by atoms with Gasteiger partial charge in [-0.2, -0.15) is 0 Å². The third-order valence-electron chi connectivity index (χ3n) is 3.65. The number of amides is 1. The van der Waals surface area contributed by atoms with Gasteiger partial charge in [0.15, 0.2) is 0 Å². The molecule has 104 valence electrons. The average Bonchev–Trinajstić information content (AvgIpc) is 2.45. The van der Waals surface area contributed by atoms with Crippen molar-refractivity contribution in [3.8, 4) is 0 Å². The lowest BCUT2D eigenvalue weighted by atomic mass is 9.96. The topological polar surface area (TPSA) is 71.2 Å². The van der Waals surface area contributed by atoms with Gasteiger partial charge in [-0.05, 0) is 30.9 Å². The molecule has 0 bridgehead atoms. The summed E-state index contributed by atoms with van der Waals surface area (Å²) < 4.78 is 0. The van der Waals surface area contributed by atoms with E-state index >= 15 is 0 Å². The highest BCUT2D eigenvalue weighted by Gasteiger charge is 2.21. The van der Waals surface area contributed by atoms with Gasteiger partial charge in [0.1, 0.15) is 0 Å². The van der Waals surface area contributed by atoms with Crippen LogP contribution in [0.5, 0.6) is 0 Å². The van der Waals surface area contributed by atoms with Crippen LogP contribution in [0.15, 0.2) is 18.3 Å². The molecule has 19 heavy (non-hydrogen) atoms. The molecule has 1 aromatic heterocycles. The average molecular weight is 262 g/mol. The number of anilines is 1. The second kappa shape index (κ2) is 6.52. The van der Waals surface area contributed by atoms with Crippen LogP contribution in [0.25, 0.3) is 0 Å². The van der Waals surface area contributed by atoms with Crippen molar-refractivity contribution in [3.05, 3.63) is 24.0 Å². The maximum absolute atomic E-state index is 10.9. The van der Waals surface area contributed by atoms with Gasteiger partial charge >= 0.3 is 0 Å². The van der Waals surface area contributed by atoms with E-state index in [0.29, 0.717) is 12.5 Å². The van der Waals surface area contributed by atoms with Gasteiger partial charge in [-0.15, -0.1) is 0 Å². The molecule has 1 aliphatic heterocycles. The molecular formula is C14H22N4O. The molecule has 0 aliphatic carbocycles. The third-order valence-corrected chi connectivity index (χ3v) is 3.65. The number of nitrogens with two attached hydrogens (primary N) is 1. The Morgan fingerprint density at radius 1 is 1.53 bits per heavy atom. The minimum Gasteiger partial charge on any atom is -0.370 e. The maximum atomic E-state index is 10.9. The van der Waals surface area contributed by atoms with Crippen LogP contribution in [0.1, 0.15) is 25.5 Å². The monoisotopic (exact) mass is 262 g/mol. The first kappa shape index (κ1) is 13.8. The molecular weight excluding hydrogens is 240 g/mol. The fourth-order valence-corrected chi connectivity index (χ4v) is 2.54. The molecule has 5 heteroatoms. The van der Waals surface area contributed by atoms with Gasteiger partial charge in [-0.3, -0.25) is 9.78 Å². The SMILES string of the molecule is CC(=O)NCC1CCN(c2cccnc2CN)CC1. The van der Waals surface area contributed by atoms with E-state index in [0.717, 1.165) is 43.9 Å². The molecule has 0 aromatic carbocycles. The number of aromatic nitrogens is 1. The Hall–Kier alpha value is -1.62. The van der Waals surface area contributed by atoms with E-state index in [1.807, 2.05) is 6.07 Å². The highest BCUT2D eigenvalue weighted by Crippen LogP contribution is 2.24. The Bertz CT molecular complexity index is 427. The Kier molecular flexibility index (Phi) is 4.74. The molecule has 1 aromatic rings. The fourth-order valence-electron chi connectivity index (χ4n) is 2.54. The summed E-state index contributed by atoms with van der Waals surface area (Å²) in [4.78, 5) is 17.6. The summed E-state index contributed by atoms with van der Waals surface area (Å²) in [5, 5.41) is 2.90. The van der Waals surface area contributed by atoms with Gasteiger partial charge in [0.2, 0.25) is 5.91 Å². The second-order valence-electron chi connectivity index (χ2n) is 5.04. The fraction of sp³-hybridized carbons (Fsp3) is 0.571. The van der Waals surface area contributed by atoms with Gasteiger partial charge in [0.25, 0.3) is 0 Å². The summed E-state index contributed by atoms with van der Waals surface area (Å²) in [5.74, 6) is 0.637. The van der Waals surface area contributed by atoms with E-state index in [-0.39, 0.29) is 5.91 Å². The first-order valence-corrected chi connectivity index (χ1v) is 6.84. The smallest absolute Gasteiger partial charge is 0.216 e. The summed E-state index contributed by atoms with van der Waals surface area (Å²) in [6.07, 6.45) is 3.98. The minimum absolute atomic E-state index is 0.0557. The predicted molar refractivity (Wildman–Crippen MR) is 75.7 cm³/mol. The number of nitrogens with one attached hydrogen (secondary N) is 1. The molecule has 0 atom stereocenters. The molecule has 0 spiro atoms. The Balaban J connectivity index is 1.90. The quantitative estimate of drug-likeness (QED) is 0.845. The summed E-state index contributed by atoms with van der Waals surface area (Å²) in [5.41, 5.74) is 7.85. The van der Waals surface area contributed by atoms with Crippen LogP contribution < -0.4 is 16.0 Å².